The first-order valence-corrected chi connectivity index (χ1v) is 7.77. The fourth-order valence-electron chi connectivity index (χ4n) is 2.85. The molecule has 1 aromatic heterocycles. The van der Waals surface area contributed by atoms with Crippen LogP contribution in [0, 0.1) is 0 Å². The van der Waals surface area contributed by atoms with Gasteiger partial charge in [0.15, 0.2) is 6.10 Å². The second-order valence-electron chi connectivity index (χ2n) is 5.76. The first-order chi connectivity index (χ1) is 11.5. The van der Waals surface area contributed by atoms with Gasteiger partial charge in [-0.2, -0.15) is 0 Å². The lowest BCUT2D eigenvalue weighted by atomic mass is 10.0. The molecule has 1 aromatic carbocycles. The van der Waals surface area contributed by atoms with Crippen LogP contribution in [0.25, 0.3) is 0 Å². The van der Waals surface area contributed by atoms with Crippen molar-refractivity contribution in [3.05, 3.63) is 53.3 Å². The lowest BCUT2D eigenvalue weighted by Crippen LogP contribution is -2.26. The fraction of sp³-hybridized carbons (Fsp3) is 0.278. The summed E-state index contributed by atoms with van der Waals surface area (Å²) < 4.78 is 5.21. The van der Waals surface area contributed by atoms with E-state index in [2.05, 4.69) is 4.98 Å². The molecule has 0 fully saturated rings. The number of ether oxygens (including phenoxy) is 1. The predicted octanol–water partition coefficient (Wildman–Crippen LogP) is 2.35. The van der Waals surface area contributed by atoms with E-state index in [-0.39, 0.29) is 11.7 Å². The first kappa shape index (κ1) is 16.0. The van der Waals surface area contributed by atoms with Crippen LogP contribution in [0.15, 0.2) is 36.5 Å². The number of esters is 1. The highest BCUT2D eigenvalue weighted by Crippen LogP contribution is 2.29. The molecule has 1 aliphatic heterocycles. The Morgan fingerprint density at radius 2 is 2.04 bits per heavy atom. The van der Waals surface area contributed by atoms with Crippen LogP contribution >= 0.6 is 0 Å². The number of benzene rings is 1. The van der Waals surface area contributed by atoms with E-state index < -0.39 is 12.1 Å². The number of carbonyl (C=O) groups is 3. The van der Waals surface area contributed by atoms with E-state index >= 15 is 0 Å². The van der Waals surface area contributed by atoms with Gasteiger partial charge in [-0.3, -0.25) is 9.59 Å². The third kappa shape index (κ3) is 2.95. The van der Waals surface area contributed by atoms with Crippen LogP contribution in [0.5, 0.6) is 0 Å². The molecule has 0 radical (unpaired) electrons. The van der Waals surface area contributed by atoms with E-state index in [1.54, 1.807) is 48.4 Å². The molecule has 0 bridgehead atoms. The number of carbonyl (C=O) groups excluding carboxylic acids is 3. The standard InChI is InChI=1S/C18H18N2O4/c1-11(24-18(23)15-4-3-8-19-15)17(22)14-5-6-16-13(10-14)7-9-20(16)12(2)21/h3-6,8,10-11,19H,7,9H2,1-2H3. The van der Waals surface area contributed by atoms with E-state index in [4.69, 9.17) is 4.74 Å². The highest BCUT2D eigenvalue weighted by atomic mass is 16.5. The molecule has 1 N–H and O–H groups in total. The molecule has 0 saturated heterocycles. The number of Topliss-reactive ketones (excluding diaryl/α,β-unsaturated/α-hetero) is 1. The monoisotopic (exact) mass is 326 g/mol. The number of aromatic amines is 1. The summed E-state index contributed by atoms with van der Waals surface area (Å²) in [7, 11) is 0. The van der Waals surface area contributed by atoms with Crippen molar-refractivity contribution in [1.82, 2.24) is 4.98 Å². The Bertz CT molecular complexity index is 795. The van der Waals surface area contributed by atoms with Crippen molar-refractivity contribution in [2.45, 2.75) is 26.4 Å². The van der Waals surface area contributed by atoms with E-state index in [0.717, 1.165) is 11.3 Å². The van der Waals surface area contributed by atoms with E-state index in [1.807, 2.05) is 0 Å². The molecule has 1 unspecified atom stereocenters. The molecule has 0 aliphatic carbocycles. The van der Waals surface area contributed by atoms with Crippen molar-refractivity contribution in [1.29, 1.82) is 0 Å². The van der Waals surface area contributed by atoms with Gasteiger partial charge in [-0.15, -0.1) is 0 Å². The maximum absolute atomic E-state index is 12.5. The summed E-state index contributed by atoms with van der Waals surface area (Å²) in [5, 5.41) is 0. The third-order valence-electron chi connectivity index (χ3n) is 4.11. The van der Waals surface area contributed by atoms with Gasteiger partial charge >= 0.3 is 5.97 Å². The number of nitrogens with one attached hydrogen (secondary N) is 1. The summed E-state index contributed by atoms with van der Waals surface area (Å²) in [6.07, 6.45) is 1.45. The van der Waals surface area contributed by atoms with Crippen molar-refractivity contribution in [3.8, 4) is 0 Å². The summed E-state index contributed by atoms with van der Waals surface area (Å²) in [5.74, 6) is -0.843. The number of H-pyrrole nitrogens is 1. The number of fused-ring (bicyclic) bond motifs is 1. The van der Waals surface area contributed by atoms with Crippen LogP contribution in [0.3, 0.4) is 0 Å². The zero-order chi connectivity index (χ0) is 17.3. The molecule has 124 valence electrons. The predicted molar refractivity (Wildman–Crippen MR) is 88.2 cm³/mol. The van der Waals surface area contributed by atoms with Crippen molar-refractivity contribution < 1.29 is 19.1 Å². The number of ketones is 1. The van der Waals surface area contributed by atoms with Gasteiger partial charge in [-0.1, -0.05) is 0 Å². The fourth-order valence-corrected chi connectivity index (χ4v) is 2.85. The molecule has 6 nitrogen and oxygen atoms in total. The number of hydrogen-bond acceptors (Lipinski definition) is 4. The minimum absolute atomic E-state index is 0.0129. The molecule has 0 spiro atoms. The molecule has 3 rings (SSSR count). The van der Waals surface area contributed by atoms with Crippen molar-refractivity contribution in [2.24, 2.45) is 0 Å². The molecule has 2 heterocycles. The maximum atomic E-state index is 12.5. The number of rotatable bonds is 4. The average molecular weight is 326 g/mol. The molecular weight excluding hydrogens is 308 g/mol. The molecule has 24 heavy (non-hydrogen) atoms. The summed E-state index contributed by atoms with van der Waals surface area (Å²) in [4.78, 5) is 40.4. The number of aromatic nitrogens is 1. The third-order valence-corrected chi connectivity index (χ3v) is 4.11. The number of amides is 1. The molecule has 1 atom stereocenters. The lowest BCUT2D eigenvalue weighted by Gasteiger charge is -2.15. The van der Waals surface area contributed by atoms with Crippen LogP contribution in [0.4, 0.5) is 5.69 Å². The molecule has 0 saturated carbocycles. The molecule has 2 aromatic rings. The summed E-state index contributed by atoms with van der Waals surface area (Å²) in [6, 6.07) is 8.49. The molecular formula is C18H18N2O4. The van der Waals surface area contributed by atoms with E-state index in [9.17, 15) is 14.4 Å². The van der Waals surface area contributed by atoms with Crippen molar-refractivity contribution in [2.75, 3.05) is 11.4 Å². The Kier molecular flexibility index (Phi) is 4.20. The van der Waals surface area contributed by atoms with Gasteiger partial charge in [-0.25, -0.2) is 4.79 Å². The van der Waals surface area contributed by atoms with Crippen LogP contribution in [0.2, 0.25) is 0 Å². The number of hydrogen-bond donors (Lipinski definition) is 1. The van der Waals surface area contributed by atoms with Gasteiger partial charge in [-0.05, 0) is 49.2 Å². The van der Waals surface area contributed by atoms with Crippen LogP contribution in [-0.4, -0.2) is 35.3 Å². The minimum Gasteiger partial charge on any atom is -0.450 e. The lowest BCUT2D eigenvalue weighted by molar-refractivity contribution is -0.116. The number of nitrogens with zero attached hydrogens (tertiary/aromatic N) is 1. The van der Waals surface area contributed by atoms with Crippen LogP contribution in [-0.2, 0) is 16.0 Å². The Balaban J connectivity index is 1.74. The maximum Gasteiger partial charge on any atom is 0.355 e. The normalized spacial score (nSPS) is 14.2. The Hall–Kier alpha value is -2.89. The summed E-state index contributed by atoms with van der Waals surface area (Å²) in [6.45, 7) is 3.70. The van der Waals surface area contributed by atoms with Gasteiger partial charge in [0.1, 0.15) is 5.69 Å². The molecule has 6 heteroatoms. The van der Waals surface area contributed by atoms with E-state index in [1.165, 1.54) is 6.92 Å². The zero-order valence-corrected chi connectivity index (χ0v) is 13.5. The highest BCUT2D eigenvalue weighted by molar-refractivity contribution is 6.02. The quantitative estimate of drug-likeness (QED) is 0.691. The molecule has 1 aliphatic rings. The van der Waals surface area contributed by atoms with Gasteiger partial charge in [0, 0.05) is 30.9 Å². The SMILES string of the molecule is CC(=O)N1CCc2cc(C(=O)C(C)OC(=O)c3ccc[nH]3)ccc21. The largest absolute Gasteiger partial charge is 0.450 e. The van der Waals surface area contributed by atoms with Crippen LogP contribution < -0.4 is 4.90 Å². The average Bonchev–Trinajstić information content (AvgIpc) is 3.22. The first-order valence-electron chi connectivity index (χ1n) is 7.77. The second kappa shape index (κ2) is 6.31. The van der Waals surface area contributed by atoms with Crippen LogP contribution in [0.1, 0.15) is 40.3 Å². The van der Waals surface area contributed by atoms with Gasteiger partial charge in [0.2, 0.25) is 11.7 Å². The Morgan fingerprint density at radius 3 is 2.71 bits per heavy atom. The molecule has 1 amide bonds. The summed E-state index contributed by atoms with van der Waals surface area (Å²) in [5.41, 5.74) is 2.58. The Morgan fingerprint density at radius 1 is 1.25 bits per heavy atom. The smallest absolute Gasteiger partial charge is 0.355 e. The van der Waals surface area contributed by atoms with E-state index in [0.29, 0.717) is 24.2 Å². The van der Waals surface area contributed by atoms with Gasteiger partial charge < -0.3 is 14.6 Å². The van der Waals surface area contributed by atoms with Crippen molar-refractivity contribution >= 4 is 23.3 Å². The Labute approximate surface area is 139 Å². The van der Waals surface area contributed by atoms with Crippen molar-refractivity contribution in [3.63, 3.8) is 0 Å². The topological polar surface area (TPSA) is 79.5 Å². The van der Waals surface area contributed by atoms with Gasteiger partial charge in [0.05, 0.1) is 0 Å². The van der Waals surface area contributed by atoms with Gasteiger partial charge in [0.25, 0.3) is 0 Å². The summed E-state index contributed by atoms with van der Waals surface area (Å²) >= 11 is 0. The minimum atomic E-state index is -0.885. The highest BCUT2D eigenvalue weighted by Gasteiger charge is 2.25. The number of anilines is 1. The zero-order valence-electron chi connectivity index (χ0n) is 13.5. The second-order valence-corrected chi connectivity index (χ2v) is 5.76.